The molecule has 2 rings (SSSR count). The first-order valence-electron chi connectivity index (χ1n) is 6.62. The molecule has 0 aromatic heterocycles. The van der Waals surface area contributed by atoms with Crippen molar-refractivity contribution in [2.75, 3.05) is 18.8 Å². The molecule has 1 aromatic carbocycles. The monoisotopic (exact) mass is 329 g/mol. The number of aromatic carboxylic acids is 1. The van der Waals surface area contributed by atoms with E-state index in [2.05, 4.69) is 0 Å². The van der Waals surface area contributed by atoms with E-state index in [1.54, 1.807) is 18.7 Å². The maximum absolute atomic E-state index is 12.8. The van der Waals surface area contributed by atoms with Gasteiger partial charge in [0.15, 0.2) is 0 Å². The van der Waals surface area contributed by atoms with Crippen LogP contribution in [0.4, 0.5) is 0 Å². The van der Waals surface area contributed by atoms with Gasteiger partial charge in [-0.15, -0.1) is 0 Å². The Kier molecular flexibility index (Phi) is 4.37. The Morgan fingerprint density at radius 2 is 2.05 bits per heavy atom. The normalized spacial score (nSPS) is 19.4. The molecule has 1 aromatic rings. The fourth-order valence-electron chi connectivity index (χ4n) is 2.44. The van der Waals surface area contributed by atoms with E-state index in [0.29, 0.717) is 18.7 Å². The second-order valence-electron chi connectivity index (χ2n) is 5.68. The summed E-state index contributed by atoms with van der Waals surface area (Å²) in [5.74, 6) is -0.372. The Morgan fingerprint density at radius 1 is 1.38 bits per heavy atom. The smallest absolute Gasteiger partial charge is 0.335 e. The molecule has 1 N–H and O–H groups in total. The molecular weight excluding hydrogens is 310 g/mol. The molecular formula is C14H19NO4S2. The predicted octanol–water partition coefficient (Wildman–Crippen LogP) is 2.21. The van der Waals surface area contributed by atoms with E-state index in [4.69, 9.17) is 5.11 Å². The van der Waals surface area contributed by atoms with Gasteiger partial charge in [0.05, 0.1) is 10.5 Å². The van der Waals surface area contributed by atoms with Gasteiger partial charge in [-0.25, -0.2) is 13.2 Å². The minimum atomic E-state index is -3.66. The van der Waals surface area contributed by atoms with Crippen LogP contribution in [0.25, 0.3) is 0 Å². The lowest BCUT2D eigenvalue weighted by atomic mass is 10.1. The van der Waals surface area contributed by atoms with E-state index in [1.807, 2.05) is 13.8 Å². The molecule has 1 saturated heterocycles. The first-order chi connectivity index (χ1) is 9.65. The van der Waals surface area contributed by atoms with E-state index in [1.165, 1.54) is 22.5 Å². The van der Waals surface area contributed by atoms with Crippen molar-refractivity contribution < 1.29 is 18.3 Å². The molecule has 0 saturated carbocycles. The number of thioether (sulfide) groups is 1. The fraction of sp³-hybridized carbons (Fsp3) is 0.500. The quantitative estimate of drug-likeness (QED) is 0.920. The standard InChI is InChI=1S/C14H19NO4S2/c1-10-11(13(16)17)5-4-6-12(10)21(18,19)15-7-8-20-14(2,3)9-15/h4-6H,7-9H2,1-3H3,(H,16,17). The highest BCUT2D eigenvalue weighted by Crippen LogP contribution is 2.33. The van der Waals surface area contributed by atoms with Crippen LogP contribution in [0.15, 0.2) is 23.1 Å². The zero-order chi connectivity index (χ0) is 15.8. The number of benzene rings is 1. The third-order valence-electron chi connectivity index (χ3n) is 3.52. The molecule has 21 heavy (non-hydrogen) atoms. The average Bonchev–Trinajstić information content (AvgIpc) is 2.37. The Hall–Kier alpha value is -1.05. The van der Waals surface area contributed by atoms with Gasteiger partial charge in [0.1, 0.15) is 0 Å². The third kappa shape index (κ3) is 3.25. The van der Waals surface area contributed by atoms with Crippen LogP contribution in [0.1, 0.15) is 29.8 Å². The van der Waals surface area contributed by atoms with Crippen LogP contribution in [0, 0.1) is 6.92 Å². The molecule has 0 amide bonds. The molecule has 1 heterocycles. The molecule has 1 fully saturated rings. The van der Waals surface area contributed by atoms with Gasteiger partial charge in [0.2, 0.25) is 10.0 Å². The van der Waals surface area contributed by atoms with Gasteiger partial charge in [-0.05, 0) is 38.5 Å². The number of carboxylic acid groups (broad SMARTS) is 1. The molecule has 0 radical (unpaired) electrons. The van der Waals surface area contributed by atoms with Crippen LogP contribution in [-0.2, 0) is 10.0 Å². The van der Waals surface area contributed by atoms with Crippen molar-refractivity contribution in [3.8, 4) is 0 Å². The molecule has 7 heteroatoms. The predicted molar refractivity (Wildman–Crippen MR) is 83.4 cm³/mol. The van der Waals surface area contributed by atoms with Gasteiger partial charge >= 0.3 is 5.97 Å². The summed E-state index contributed by atoms with van der Waals surface area (Å²) in [5, 5.41) is 9.14. The number of hydrogen-bond donors (Lipinski definition) is 1. The van der Waals surface area contributed by atoms with E-state index < -0.39 is 16.0 Å². The van der Waals surface area contributed by atoms with Gasteiger partial charge in [0, 0.05) is 23.6 Å². The van der Waals surface area contributed by atoms with E-state index in [9.17, 15) is 13.2 Å². The number of nitrogens with zero attached hydrogens (tertiary/aromatic N) is 1. The van der Waals surface area contributed by atoms with E-state index in [-0.39, 0.29) is 15.2 Å². The number of carbonyl (C=O) groups is 1. The van der Waals surface area contributed by atoms with Crippen LogP contribution in [-0.4, -0.2) is 47.4 Å². The second kappa shape index (κ2) is 5.62. The maximum Gasteiger partial charge on any atom is 0.335 e. The number of hydrogen-bond acceptors (Lipinski definition) is 4. The Morgan fingerprint density at radius 3 is 2.62 bits per heavy atom. The summed E-state index contributed by atoms with van der Waals surface area (Å²) in [4.78, 5) is 11.3. The Labute approximate surface area is 129 Å². The lowest BCUT2D eigenvalue weighted by Crippen LogP contribution is -2.46. The first-order valence-corrected chi connectivity index (χ1v) is 9.05. The average molecular weight is 329 g/mol. The highest BCUT2D eigenvalue weighted by Gasteiger charge is 2.35. The maximum atomic E-state index is 12.8. The van der Waals surface area contributed by atoms with Crippen molar-refractivity contribution in [1.82, 2.24) is 4.31 Å². The molecule has 0 bridgehead atoms. The summed E-state index contributed by atoms with van der Waals surface area (Å²) in [7, 11) is -3.66. The van der Waals surface area contributed by atoms with Crippen LogP contribution in [0.2, 0.25) is 0 Å². The van der Waals surface area contributed by atoms with Gasteiger partial charge in [-0.1, -0.05) is 6.07 Å². The molecule has 0 spiro atoms. The fourth-order valence-corrected chi connectivity index (χ4v) is 5.60. The molecule has 5 nitrogen and oxygen atoms in total. The lowest BCUT2D eigenvalue weighted by Gasteiger charge is -2.36. The van der Waals surface area contributed by atoms with Crippen molar-refractivity contribution in [2.24, 2.45) is 0 Å². The van der Waals surface area contributed by atoms with Gasteiger partial charge < -0.3 is 5.11 Å². The first kappa shape index (κ1) is 16.3. The van der Waals surface area contributed by atoms with Crippen molar-refractivity contribution in [3.05, 3.63) is 29.3 Å². The van der Waals surface area contributed by atoms with Gasteiger partial charge in [-0.3, -0.25) is 0 Å². The molecule has 0 atom stereocenters. The molecule has 116 valence electrons. The molecule has 0 unspecified atom stereocenters. The van der Waals surface area contributed by atoms with Crippen molar-refractivity contribution in [2.45, 2.75) is 30.4 Å². The van der Waals surface area contributed by atoms with Crippen molar-refractivity contribution in [3.63, 3.8) is 0 Å². The molecule has 1 aliphatic rings. The van der Waals surface area contributed by atoms with Crippen molar-refractivity contribution in [1.29, 1.82) is 0 Å². The summed E-state index contributed by atoms with van der Waals surface area (Å²) in [6, 6.07) is 4.38. The summed E-state index contributed by atoms with van der Waals surface area (Å²) in [5.41, 5.74) is 0.322. The summed E-state index contributed by atoms with van der Waals surface area (Å²) in [6.45, 7) is 6.45. The number of carboxylic acids is 1. The number of rotatable bonds is 3. The second-order valence-corrected chi connectivity index (χ2v) is 9.39. The molecule has 1 aliphatic heterocycles. The zero-order valence-corrected chi connectivity index (χ0v) is 13.9. The van der Waals surface area contributed by atoms with Gasteiger partial charge in [0.25, 0.3) is 0 Å². The highest BCUT2D eigenvalue weighted by atomic mass is 32.2. The highest BCUT2D eigenvalue weighted by molar-refractivity contribution is 8.00. The Balaban J connectivity index is 2.45. The summed E-state index contributed by atoms with van der Waals surface area (Å²) < 4.78 is 26.9. The van der Waals surface area contributed by atoms with Crippen molar-refractivity contribution >= 4 is 27.8 Å². The lowest BCUT2D eigenvalue weighted by molar-refractivity contribution is 0.0696. The summed E-state index contributed by atoms with van der Waals surface area (Å²) >= 11 is 1.75. The molecule has 0 aliphatic carbocycles. The zero-order valence-electron chi connectivity index (χ0n) is 12.3. The van der Waals surface area contributed by atoms with Crippen LogP contribution < -0.4 is 0 Å². The number of sulfonamides is 1. The SMILES string of the molecule is Cc1c(C(=O)O)cccc1S(=O)(=O)N1CCSC(C)(C)C1. The van der Waals surface area contributed by atoms with Crippen LogP contribution in [0.3, 0.4) is 0 Å². The third-order valence-corrected chi connectivity index (χ3v) is 6.81. The topological polar surface area (TPSA) is 74.7 Å². The van der Waals surface area contributed by atoms with Crippen LogP contribution >= 0.6 is 11.8 Å². The minimum absolute atomic E-state index is 0.0294. The van der Waals surface area contributed by atoms with E-state index >= 15 is 0 Å². The Bertz CT molecular complexity index is 668. The van der Waals surface area contributed by atoms with Gasteiger partial charge in [-0.2, -0.15) is 16.1 Å². The minimum Gasteiger partial charge on any atom is -0.478 e. The summed E-state index contributed by atoms with van der Waals surface area (Å²) in [6.07, 6.45) is 0. The van der Waals surface area contributed by atoms with Crippen LogP contribution in [0.5, 0.6) is 0 Å². The largest absolute Gasteiger partial charge is 0.478 e. The van der Waals surface area contributed by atoms with E-state index in [0.717, 1.165) is 5.75 Å².